The van der Waals surface area contributed by atoms with E-state index in [2.05, 4.69) is 0 Å². The average Bonchev–Trinajstić information content (AvgIpc) is 2.40. The van der Waals surface area contributed by atoms with Gasteiger partial charge in [-0.25, -0.2) is 0 Å². The van der Waals surface area contributed by atoms with Crippen LogP contribution in [-0.2, 0) is 6.42 Å². The molecule has 0 heterocycles. The lowest BCUT2D eigenvalue weighted by Gasteiger charge is -2.18. The molecule has 0 aliphatic heterocycles. The Balaban J connectivity index is 2.34. The minimum atomic E-state index is -0.183. The smallest absolute Gasteiger partial charge is 0.0503 e. The van der Waals surface area contributed by atoms with E-state index >= 15 is 0 Å². The number of hydrogen-bond acceptors (Lipinski definition) is 1. The van der Waals surface area contributed by atoms with Crippen LogP contribution in [0.4, 0.5) is 0 Å². The zero-order valence-corrected chi connectivity index (χ0v) is 13.4. The van der Waals surface area contributed by atoms with Crippen molar-refractivity contribution in [2.24, 2.45) is 0 Å². The molecule has 2 aromatic carbocycles. The van der Waals surface area contributed by atoms with E-state index in [-0.39, 0.29) is 12.5 Å². The normalized spacial score (nSPS) is 12.4. The summed E-state index contributed by atoms with van der Waals surface area (Å²) in [4.78, 5) is 0. The van der Waals surface area contributed by atoms with Gasteiger partial charge in [0.25, 0.3) is 0 Å². The van der Waals surface area contributed by atoms with Crippen LogP contribution in [0.2, 0.25) is 20.1 Å². The Morgan fingerprint density at radius 1 is 0.900 bits per heavy atom. The maximum atomic E-state index is 9.64. The van der Waals surface area contributed by atoms with E-state index in [1.165, 1.54) is 0 Å². The van der Waals surface area contributed by atoms with E-state index in [9.17, 15) is 5.11 Å². The molecule has 0 bridgehead atoms. The van der Waals surface area contributed by atoms with Gasteiger partial charge in [0.15, 0.2) is 0 Å². The Bertz CT molecular complexity index is 593. The Kier molecular flexibility index (Phi) is 5.59. The SMILES string of the molecule is OCC(Cc1c(Cl)cccc1Cl)c1ccc(Cl)cc1Cl. The molecule has 1 atom stereocenters. The number of aliphatic hydroxyl groups excluding tert-OH is 1. The predicted molar refractivity (Wildman–Crippen MR) is 86.5 cm³/mol. The lowest BCUT2D eigenvalue weighted by molar-refractivity contribution is 0.264. The van der Waals surface area contributed by atoms with Crippen molar-refractivity contribution in [2.75, 3.05) is 6.61 Å². The van der Waals surface area contributed by atoms with Gasteiger partial charge in [0.1, 0.15) is 0 Å². The predicted octanol–water partition coefficient (Wildman–Crippen LogP) is 5.62. The van der Waals surface area contributed by atoms with Gasteiger partial charge in [-0.05, 0) is 41.8 Å². The van der Waals surface area contributed by atoms with Gasteiger partial charge in [0.2, 0.25) is 0 Å². The van der Waals surface area contributed by atoms with E-state index in [0.717, 1.165) is 11.1 Å². The van der Waals surface area contributed by atoms with Crippen LogP contribution in [0.3, 0.4) is 0 Å². The van der Waals surface area contributed by atoms with E-state index in [4.69, 9.17) is 46.4 Å². The summed E-state index contributed by atoms with van der Waals surface area (Å²) in [6.45, 7) is -0.0527. The van der Waals surface area contributed by atoms with Crippen molar-refractivity contribution in [3.8, 4) is 0 Å². The number of halogens is 4. The lowest BCUT2D eigenvalue weighted by Crippen LogP contribution is -2.09. The van der Waals surface area contributed by atoms with Gasteiger partial charge in [0, 0.05) is 26.0 Å². The third kappa shape index (κ3) is 3.60. The highest BCUT2D eigenvalue weighted by Crippen LogP contribution is 2.33. The minimum Gasteiger partial charge on any atom is -0.396 e. The highest BCUT2D eigenvalue weighted by molar-refractivity contribution is 6.36. The summed E-state index contributed by atoms with van der Waals surface area (Å²) in [6.07, 6.45) is 0.510. The second kappa shape index (κ2) is 7.02. The van der Waals surface area contributed by atoms with Crippen LogP contribution < -0.4 is 0 Å². The zero-order chi connectivity index (χ0) is 14.7. The minimum absolute atomic E-state index is 0.0527. The van der Waals surface area contributed by atoms with Crippen molar-refractivity contribution in [3.05, 3.63) is 67.6 Å². The summed E-state index contributed by atoms with van der Waals surface area (Å²) < 4.78 is 0. The van der Waals surface area contributed by atoms with Crippen molar-refractivity contribution in [3.63, 3.8) is 0 Å². The van der Waals surface area contributed by atoms with Crippen LogP contribution in [0.1, 0.15) is 17.0 Å². The van der Waals surface area contributed by atoms with Crippen LogP contribution in [-0.4, -0.2) is 11.7 Å². The molecule has 0 aliphatic rings. The number of aliphatic hydroxyl groups is 1. The molecule has 1 unspecified atom stereocenters. The van der Waals surface area contributed by atoms with Crippen LogP contribution >= 0.6 is 46.4 Å². The molecular formula is C15H12Cl4O. The fourth-order valence-electron chi connectivity index (χ4n) is 2.08. The molecule has 106 valence electrons. The van der Waals surface area contributed by atoms with E-state index in [0.29, 0.717) is 26.5 Å². The van der Waals surface area contributed by atoms with Crippen molar-refractivity contribution in [1.82, 2.24) is 0 Å². The third-order valence-corrected chi connectivity index (χ3v) is 4.41. The summed E-state index contributed by atoms with van der Waals surface area (Å²) in [5.74, 6) is -0.183. The first-order chi connectivity index (χ1) is 9.52. The Labute approximate surface area is 138 Å². The van der Waals surface area contributed by atoms with Crippen molar-refractivity contribution < 1.29 is 5.11 Å². The molecule has 2 aromatic rings. The first-order valence-corrected chi connectivity index (χ1v) is 7.52. The van der Waals surface area contributed by atoms with E-state index in [1.54, 1.807) is 30.3 Å². The second-order valence-electron chi connectivity index (χ2n) is 4.45. The number of hydrogen-bond donors (Lipinski definition) is 1. The summed E-state index contributed by atoms with van der Waals surface area (Å²) >= 11 is 24.4. The first-order valence-electron chi connectivity index (χ1n) is 6.01. The lowest BCUT2D eigenvalue weighted by atomic mass is 9.92. The number of benzene rings is 2. The fourth-order valence-corrected chi connectivity index (χ4v) is 3.19. The van der Waals surface area contributed by atoms with Crippen LogP contribution in [0.25, 0.3) is 0 Å². The third-order valence-electron chi connectivity index (χ3n) is 3.13. The van der Waals surface area contributed by atoms with Crippen LogP contribution in [0.15, 0.2) is 36.4 Å². The Morgan fingerprint density at radius 3 is 2.10 bits per heavy atom. The average molecular weight is 350 g/mol. The molecule has 0 spiro atoms. The van der Waals surface area contributed by atoms with Gasteiger partial charge >= 0.3 is 0 Å². The maximum Gasteiger partial charge on any atom is 0.0503 e. The van der Waals surface area contributed by atoms with Crippen molar-refractivity contribution >= 4 is 46.4 Å². The largest absolute Gasteiger partial charge is 0.396 e. The zero-order valence-electron chi connectivity index (χ0n) is 10.4. The summed E-state index contributed by atoms with van der Waals surface area (Å²) in [7, 11) is 0. The molecular weight excluding hydrogens is 338 g/mol. The second-order valence-corrected chi connectivity index (χ2v) is 6.11. The topological polar surface area (TPSA) is 20.2 Å². The van der Waals surface area contributed by atoms with Gasteiger partial charge in [0.05, 0.1) is 6.61 Å². The molecule has 5 heteroatoms. The van der Waals surface area contributed by atoms with Crippen molar-refractivity contribution in [1.29, 1.82) is 0 Å². The highest BCUT2D eigenvalue weighted by atomic mass is 35.5. The molecule has 1 N–H and O–H groups in total. The van der Waals surface area contributed by atoms with Gasteiger partial charge in [-0.2, -0.15) is 0 Å². The molecule has 0 aliphatic carbocycles. The molecule has 0 saturated heterocycles. The molecule has 0 aromatic heterocycles. The molecule has 0 radical (unpaired) electrons. The fraction of sp³-hybridized carbons (Fsp3) is 0.200. The van der Waals surface area contributed by atoms with E-state index in [1.807, 2.05) is 6.07 Å². The molecule has 20 heavy (non-hydrogen) atoms. The first kappa shape index (κ1) is 15.9. The summed E-state index contributed by atoms with van der Waals surface area (Å²) in [5, 5.41) is 11.9. The maximum absolute atomic E-state index is 9.64. The monoisotopic (exact) mass is 348 g/mol. The molecule has 0 amide bonds. The van der Waals surface area contributed by atoms with Crippen LogP contribution in [0.5, 0.6) is 0 Å². The molecule has 0 saturated carbocycles. The van der Waals surface area contributed by atoms with Gasteiger partial charge in [-0.1, -0.05) is 58.5 Å². The standard InChI is InChI=1S/C15H12Cl4O/c16-10-4-5-11(15(19)7-10)9(8-20)6-12-13(17)2-1-3-14(12)18/h1-5,7,9,20H,6,8H2. The van der Waals surface area contributed by atoms with Gasteiger partial charge < -0.3 is 5.11 Å². The Morgan fingerprint density at radius 2 is 1.55 bits per heavy atom. The van der Waals surface area contributed by atoms with Gasteiger partial charge in [-0.15, -0.1) is 0 Å². The van der Waals surface area contributed by atoms with Crippen molar-refractivity contribution in [2.45, 2.75) is 12.3 Å². The molecule has 1 nitrogen and oxygen atoms in total. The molecule has 2 rings (SSSR count). The van der Waals surface area contributed by atoms with Crippen LogP contribution in [0, 0.1) is 0 Å². The molecule has 0 fully saturated rings. The quantitative estimate of drug-likeness (QED) is 0.759. The summed E-state index contributed by atoms with van der Waals surface area (Å²) in [5.41, 5.74) is 1.63. The van der Waals surface area contributed by atoms with Gasteiger partial charge in [-0.3, -0.25) is 0 Å². The Hall–Kier alpha value is -0.440. The highest BCUT2D eigenvalue weighted by Gasteiger charge is 2.18. The van der Waals surface area contributed by atoms with E-state index < -0.39 is 0 Å². The number of rotatable bonds is 4. The summed E-state index contributed by atoms with van der Waals surface area (Å²) in [6, 6.07) is 10.6.